The highest BCUT2D eigenvalue weighted by molar-refractivity contribution is 7.89. The van der Waals surface area contributed by atoms with Gasteiger partial charge in [-0.1, -0.05) is 6.92 Å². The first-order valence-corrected chi connectivity index (χ1v) is 7.19. The number of rotatable bonds is 6. The highest BCUT2D eigenvalue weighted by atomic mass is 32.2. The van der Waals surface area contributed by atoms with Gasteiger partial charge in [-0.05, 0) is 6.92 Å². The smallest absolute Gasteiger partial charge is 0.325 e. The minimum atomic E-state index is -4.19. The Kier molecular flexibility index (Phi) is 4.84. The Hall–Kier alpha value is -1.94. The van der Waals surface area contributed by atoms with Gasteiger partial charge in [0, 0.05) is 18.8 Å². The number of aromatic nitrogens is 2. The molecule has 0 amide bonds. The van der Waals surface area contributed by atoms with Gasteiger partial charge in [-0.2, -0.15) is 4.31 Å². The van der Waals surface area contributed by atoms with Gasteiger partial charge in [0.25, 0.3) is 5.56 Å². The lowest BCUT2D eigenvalue weighted by Gasteiger charge is -2.25. The normalized spacial score (nSPS) is 13.3. The molecule has 0 spiro atoms. The summed E-state index contributed by atoms with van der Waals surface area (Å²) in [6.07, 6.45) is 0.404. The summed E-state index contributed by atoms with van der Waals surface area (Å²) in [6.45, 7) is 2.94. The van der Waals surface area contributed by atoms with Crippen molar-refractivity contribution in [2.75, 3.05) is 6.54 Å². The molecular formula is C10H15N3O6S. The molecule has 1 aromatic heterocycles. The predicted molar refractivity (Wildman–Crippen MR) is 69.0 cm³/mol. The quantitative estimate of drug-likeness (QED) is 0.611. The minimum Gasteiger partial charge on any atom is -0.481 e. The van der Waals surface area contributed by atoms with Crippen LogP contribution in [0.15, 0.2) is 20.7 Å². The molecule has 1 rings (SSSR count). The van der Waals surface area contributed by atoms with Crippen molar-refractivity contribution in [3.05, 3.63) is 27.0 Å². The number of aromatic amines is 2. The van der Waals surface area contributed by atoms with Crippen LogP contribution in [0.2, 0.25) is 0 Å². The van der Waals surface area contributed by atoms with Gasteiger partial charge in [0.1, 0.15) is 0 Å². The summed E-state index contributed by atoms with van der Waals surface area (Å²) in [6, 6.07) is -0.825. The van der Waals surface area contributed by atoms with Crippen molar-refractivity contribution in [1.82, 2.24) is 14.3 Å². The van der Waals surface area contributed by atoms with Gasteiger partial charge in [-0.15, -0.1) is 0 Å². The summed E-state index contributed by atoms with van der Waals surface area (Å²) in [4.78, 5) is 36.4. The van der Waals surface area contributed by atoms with Crippen molar-refractivity contribution < 1.29 is 18.3 Å². The number of carbonyl (C=O) groups is 1. The number of hydrogen-bond acceptors (Lipinski definition) is 5. The van der Waals surface area contributed by atoms with Gasteiger partial charge in [0.15, 0.2) is 4.90 Å². The molecule has 0 saturated carbocycles. The zero-order valence-corrected chi connectivity index (χ0v) is 11.7. The lowest BCUT2D eigenvalue weighted by molar-refractivity contribution is -0.137. The average Bonchev–Trinajstić information content (AvgIpc) is 2.27. The molecule has 1 atom stereocenters. The number of H-pyrrole nitrogens is 2. The highest BCUT2D eigenvalue weighted by Gasteiger charge is 2.31. The second-order valence-electron chi connectivity index (χ2n) is 4.09. The van der Waals surface area contributed by atoms with E-state index in [4.69, 9.17) is 5.11 Å². The van der Waals surface area contributed by atoms with Gasteiger partial charge < -0.3 is 10.1 Å². The molecule has 1 unspecified atom stereocenters. The molecule has 9 nitrogen and oxygen atoms in total. The predicted octanol–water partition coefficient (Wildman–Crippen LogP) is -1.06. The molecule has 1 aromatic rings. The molecular weight excluding hydrogens is 290 g/mol. The molecule has 0 aliphatic rings. The molecule has 10 heteroatoms. The Bertz CT molecular complexity index is 704. The van der Waals surface area contributed by atoms with E-state index < -0.39 is 44.6 Å². The molecule has 0 bridgehead atoms. The maximum atomic E-state index is 12.3. The van der Waals surface area contributed by atoms with Gasteiger partial charge >= 0.3 is 11.7 Å². The van der Waals surface area contributed by atoms with Gasteiger partial charge in [0.2, 0.25) is 10.0 Å². The van der Waals surface area contributed by atoms with Crippen LogP contribution in [0.25, 0.3) is 0 Å². The lowest BCUT2D eigenvalue weighted by atomic mass is 10.2. The van der Waals surface area contributed by atoms with E-state index >= 15 is 0 Å². The zero-order chi connectivity index (χ0) is 15.5. The fourth-order valence-electron chi connectivity index (χ4n) is 1.79. The van der Waals surface area contributed by atoms with Gasteiger partial charge in [0.05, 0.1) is 6.42 Å². The van der Waals surface area contributed by atoms with E-state index in [1.54, 1.807) is 0 Å². The Morgan fingerprint density at radius 2 is 2.05 bits per heavy atom. The number of nitrogens with zero attached hydrogens (tertiary/aromatic N) is 1. The van der Waals surface area contributed by atoms with Crippen molar-refractivity contribution in [1.29, 1.82) is 0 Å². The topological polar surface area (TPSA) is 140 Å². The summed E-state index contributed by atoms with van der Waals surface area (Å²) in [5, 5.41) is 8.72. The van der Waals surface area contributed by atoms with Crippen LogP contribution in [-0.4, -0.2) is 46.4 Å². The third-order valence-corrected chi connectivity index (χ3v) is 4.74. The summed E-state index contributed by atoms with van der Waals surface area (Å²) in [5.41, 5.74) is -1.87. The maximum absolute atomic E-state index is 12.3. The molecule has 0 aliphatic heterocycles. The molecule has 0 fully saturated rings. The molecule has 112 valence electrons. The molecule has 0 radical (unpaired) electrons. The highest BCUT2D eigenvalue weighted by Crippen LogP contribution is 2.15. The van der Waals surface area contributed by atoms with Crippen molar-refractivity contribution in [3.63, 3.8) is 0 Å². The second-order valence-corrected chi connectivity index (χ2v) is 5.95. The zero-order valence-electron chi connectivity index (χ0n) is 10.9. The van der Waals surface area contributed by atoms with Crippen LogP contribution >= 0.6 is 0 Å². The maximum Gasteiger partial charge on any atom is 0.325 e. The average molecular weight is 305 g/mol. The van der Waals surface area contributed by atoms with E-state index in [-0.39, 0.29) is 6.54 Å². The first-order chi connectivity index (χ1) is 9.20. The van der Waals surface area contributed by atoms with E-state index in [0.717, 1.165) is 10.5 Å². The summed E-state index contributed by atoms with van der Waals surface area (Å²) >= 11 is 0. The van der Waals surface area contributed by atoms with E-state index in [0.29, 0.717) is 0 Å². The third kappa shape index (κ3) is 3.33. The fraction of sp³-hybridized carbons (Fsp3) is 0.500. The monoisotopic (exact) mass is 305 g/mol. The van der Waals surface area contributed by atoms with Crippen LogP contribution in [0.1, 0.15) is 20.3 Å². The van der Waals surface area contributed by atoms with Crippen LogP contribution in [0.5, 0.6) is 0 Å². The standard InChI is InChI=1S/C10H15N3O6S/c1-3-13(6(2)4-8(14)15)20(18,19)7-5-11-10(17)12-9(7)16/h5-6H,3-4H2,1-2H3,(H,14,15)(H2,11,12,16,17). The number of carboxylic acid groups (broad SMARTS) is 1. The molecule has 0 aliphatic carbocycles. The first-order valence-electron chi connectivity index (χ1n) is 5.75. The Morgan fingerprint density at radius 3 is 2.50 bits per heavy atom. The molecule has 1 heterocycles. The van der Waals surface area contributed by atoms with Crippen molar-refractivity contribution in [2.24, 2.45) is 0 Å². The second kappa shape index (κ2) is 6.01. The Labute approximate surface area is 114 Å². The van der Waals surface area contributed by atoms with Crippen LogP contribution in [-0.2, 0) is 14.8 Å². The van der Waals surface area contributed by atoms with Crippen LogP contribution in [0, 0.1) is 0 Å². The van der Waals surface area contributed by atoms with Crippen LogP contribution in [0.4, 0.5) is 0 Å². The van der Waals surface area contributed by atoms with E-state index in [1.807, 2.05) is 4.98 Å². The van der Waals surface area contributed by atoms with Crippen LogP contribution in [0.3, 0.4) is 0 Å². The van der Waals surface area contributed by atoms with Crippen molar-refractivity contribution in [3.8, 4) is 0 Å². The van der Waals surface area contributed by atoms with E-state index in [1.165, 1.54) is 13.8 Å². The molecule has 3 N–H and O–H groups in total. The molecule has 20 heavy (non-hydrogen) atoms. The fourth-order valence-corrected chi connectivity index (χ4v) is 3.42. The number of sulfonamides is 1. The van der Waals surface area contributed by atoms with Crippen molar-refractivity contribution in [2.45, 2.75) is 31.2 Å². The number of carboxylic acids is 1. The van der Waals surface area contributed by atoms with Crippen LogP contribution < -0.4 is 11.2 Å². The minimum absolute atomic E-state index is 0.00462. The summed E-state index contributed by atoms with van der Waals surface area (Å²) < 4.78 is 25.5. The van der Waals surface area contributed by atoms with Crippen molar-refractivity contribution >= 4 is 16.0 Å². The number of hydrogen-bond donors (Lipinski definition) is 3. The summed E-state index contributed by atoms with van der Waals surface area (Å²) in [7, 11) is -4.19. The van der Waals surface area contributed by atoms with Gasteiger partial charge in [-0.3, -0.25) is 14.6 Å². The number of nitrogens with one attached hydrogen (secondary N) is 2. The Balaban J connectivity index is 3.28. The SMILES string of the molecule is CCN(C(C)CC(=O)O)S(=O)(=O)c1c[nH]c(=O)[nH]c1=O. The molecule has 0 saturated heterocycles. The van der Waals surface area contributed by atoms with Gasteiger partial charge in [-0.25, -0.2) is 13.2 Å². The molecule has 0 aromatic carbocycles. The number of aliphatic carboxylic acids is 1. The Morgan fingerprint density at radius 1 is 1.45 bits per heavy atom. The summed E-state index contributed by atoms with van der Waals surface area (Å²) in [5.74, 6) is -1.15. The first kappa shape index (κ1) is 16.1. The third-order valence-electron chi connectivity index (χ3n) is 2.65. The lowest BCUT2D eigenvalue weighted by Crippen LogP contribution is -2.42. The largest absolute Gasteiger partial charge is 0.481 e. The van der Waals surface area contributed by atoms with E-state index in [2.05, 4.69) is 4.98 Å². The van der Waals surface area contributed by atoms with E-state index in [9.17, 15) is 22.8 Å².